The van der Waals surface area contributed by atoms with E-state index in [0.29, 0.717) is 12.2 Å². The molecule has 1 N–H and O–H groups in total. The standard InChI is InChI=1S/C19H16FNO4S/c1-19(17(23)21-18(24)26-19)10-12-6-8-13(9-7-12)25-11-16(22)14-4-2-3-5-15(14)20/h2-9H,10-11H2,1H3,(H,21,23,24). The number of hydrogen-bond donors (Lipinski definition) is 1. The second kappa shape index (κ2) is 7.29. The molecule has 0 aromatic heterocycles. The highest BCUT2D eigenvalue weighted by molar-refractivity contribution is 8.16. The molecular weight excluding hydrogens is 357 g/mol. The van der Waals surface area contributed by atoms with Crippen molar-refractivity contribution in [2.24, 2.45) is 0 Å². The fourth-order valence-electron chi connectivity index (χ4n) is 2.62. The van der Waals surface area contributed by atoms with Gasteiger partial charge in [-0.05, 0) is 54.9 Å². The van der Waals surface area contributed by atoms with Crippen LogP contribution in [-0.2, 0) is 11.2 Å². The van der Waals surface area contributed by atoms with Crippen molar-refractivity contribution in [1.29, 1.82) is 0 Å². The molecule has 7 heteroatoms. The van der Waals surface area contributed by atoms with Gasteiger partial charge in [-0.1, -0.05) is 24.3 Å². The van der Waals surface area contributed by atoms with Crippen LogP contribution in [0.25, 0.3) is 0 Å². The zero-order valence-corrected chi connectivity index (χ0v) is 14.8. The van der Waals surface area contributed by atoms with Gasteiger partial charge in [-0.2, -0.15) is 0 Å². The lowest BCUT2D eigenvalue weighted by molar-refractivity contribution is -0.121. The summed E-state index contributed by atoms with van der Waals surface area (Å²) in [5.74, 6) is -0.865. The molecule has 5 nitrogen and oxygen atoms in total. The Labute approximate surface area is 153 Å². The first-order valence-electron chi connectivity index (χ1n) is 7.91. The number of rotatable bonds is 6. The number of benzene rings is 2. The highest BCUT2D eigenvalue weighted by atomic mass is 32.2. The van der Waals surface area contributed by atoms with Crippen LogP contribution >= 0.6 is 11.8 Å². The van der Waals surface area contributed by atoms with E-state index in [-0.39, 0.29) is 23.3 Å². The summed E-state index contributed by atoms with van der Waals surface area (Å²) in [5.41, 5.74) is 0.851. The fourth-order valence-corrected chi connectivity index (χ4v) is 3.56. The van der Waals surface area contributed by atoms with E-state index in [4.69, 9.17) is 4.74 Å². The highest BCUT2D eigenvalue weighted by Crippen LogP contribution is 2.34. The number of nitrogens with one attached hydrogen (secondary N) is 1. The summed E-state index contributed by atoms with van der Waals surface area (Å²) < 4.78 is 18.2. The van der Waals surface area contributed by atoms with Crippen LogP contribution in [0, 0.1) is 5.82 Å². The number of hydrogen-bond acceptors (Lipinski definition) is 5. The molecule has 0 radical (unpaired) electrons. The van der Waals surface area contributed by atoms with Gasteiger partial charge in [0.25, 0.3) is 5.24 Å². The minimum atomic E-state index is -0.833. The van der Waals surface area contributed by atoms with Crippen LogP contribution < -0.4 is 10.1 Å². The summed E-state index contributed by atoms with van der Waals surface area (Å²) in [5, 5.41) is 1.94. The van der Waals surface area contributed by atoms with Crippen molar-refractivity contribution >= 4 is 28.7 Å². The van der Waals surface area contributed by atoms with E-state index < -0.39 is 16.3 Å². The molecule has 1 saturated heterocycles. The molecule has 1 aliphatic rings. The number of carbonyl (C=O) groups excluding carboxylic acids is 3. The Bertz CT molecular complexity index is 868. The number of Topliss-reactive ketones (excluding diaryl/α,β-unsaturated/α-hetero) is 1. The zero-order valence-electron chi connectivity index (χ0n) is 14.0. The summed E-state index contributed by atoms with van der Waals surface area (Å²) in [7, 11) is 0. The fraction of sp³-hybridized carbons (Fsp3) is 0.211. The van der Waals surface area contributed by atoms with Crippen LogP contribution in [-0.4, -0.2) is 28.3 Å². The molecule has 2 aromatic rings. The molecule has 0 spiro atoms. The van der Waals surface area contributed by atoms with Gasteiger partial charge in [-0.3, -0.25) is 19.7 Å². The first kappa shape index (κ1) is 18.1. The maximum absolute atomic E-state index is 13.6. The van der Waals surface area contributed by atoms with Crippen LogP contribution in [0.1, 0.15) is 22.8 Å². The first-order chi connectivity index (χ1) is 12.4. The normalized spacial score (nSPS) is 19.3. The van der Waals surface area contributed by atoms with Gasteiger partial charge in [0.05, 0.1) is 5.56 Å². The maximum Gasteiger partial charge on any atom is 0.286 e. The highest BCUT2D eigenvalue weighted by Gasteiger charge is 2.43. The topological polar surface area (TPSA) is 72.5 Å². The van der Waals surface area contributed by atoms with Gasteiger partial charge in [0, 0.05) is 0 Å². The number of amides is 2. The van der Waals surface area contributed by atoms with Crippen molar-refractivity contribution in [1.82, 2.24) is 5.32 Å². The van der Waals surface area contributed by atoms with Gasteiger partial charge in [-0.25, -0.2) is 4.39 Å². The van der Waals surface area contributed by atoms with E-state index in [2.05, 4.69) is 5.32 Å². The summed E-state index contributed by atoms with van der Waals surface area (Å²) in [6, 6.07) is 12.6. The molecule has 134 valence electrons. The number of ether oxygens (including phenoxy) is 1. The monoisotopic (exact) mass is 373 g/mol. The van der Waals surface area contributed by atoms with Crippen LogP contribution in [0.3, 0.4) is 0 Å². The van der Waals surface area contributed by atoms with Gasteiger partial charge in [-0.15, -0.1) is 0 Å². The third-order valence-corrected chi connectivity index (χ3v) is 5.09. The Morgan fingerprint density at radius 1 is 1.15 bits per heavy atom. The number of carbonyl (C=O) groups is 3. The molecule has 0 aliphatic carbocycles. The Hall–Kier alpha value is -2.67. The van der Waals surface area contributed by atoms with E-state index in [1.165, 1.54) is 18.2 Å². The lowest BCUT2D eigenvalue weighted by Gasteiger charge is -2.18. The Morgan fingerprint density at radius 3 is 2.46 bits per heavy atom. The van der Waals surface area contributed by atoms with Crippen LogP contribution in [0.2, 0.25) is 0 Å². The quantitative estimate of drug-likeness (QED) is 0.786. The number of imide groups is 1. The zero-order chi connectivity index (χ0) is 18.7. The van der Waals surface area contributed by atoms with Gasteiger partial charge >= 0.3 is 0 Å². The smallest absolute Gasteiger partial charge is 0.286 e. The maximum atomic E-state index is 13.6. The molecule has 1 fully saturated rings. The van der Waals surface area contributed by atoms with Crippen molar-refractivity contribution in [3.05, 3.63) is 65.5 Å². The molecule has 2 amide bonds. The third kappa shape index (κ3) is 3.94. The predicted molar refractivity (Wildman–Crippen MR) is 95.9 cm³/mol. The first-order valence-corrected chi connectivity index (χ1v) is 8.73. The molecule has 2 aromatic carbocycles. The minimum Gasteiger partial charge on any atom is -0.485 e. The van der Waals surface area contributed by atoms with Crippen LogP contribution in [0.4, 0.5) is 9.18 Å². The van der Waals surface area contributed by atoms with Crippen molar-refractivity contribution in [3.8, 4) is 5.75 Å². The van der Waals surface area contributed by atoms with E-state index in [1.54, 1.807) is 37.3 Å². The number of halogens is 1. The Morgan fingerprint density at radius 2 is 1.85 bits per heavy atom. The lowest BCUT2D eigenvalue weighted by atomic mass is 9.99. The molecule has 0 saturated carbocycles. The van der Waals surface area contributed by atoms with Gasteiger partial charge in [0.15, 0.2) is 6.61 Å². The van der Waals surface area contributed by atoms with Crippen LogP contribution in [0.5, 0.6) is 5.75 Å². The summed E-state index contributed by atoms with van der Waals surface area (Å²) in [6.45, 7) is 1.44. The largest absolute Gasteiger partial charge is 0.485 e. The number of thioether (sulfide) groups is 1. The third-order valence-electron chi connectivity index (χ3n) is 4.02. The van der Waals surface area contributed by atoms with Gasteiger partial charge in [0.2, 0.25) is 11.7 Å². The average molecular weight is 373 g/mol. The van der Waals surface area contributed by atoms with E-state index >= 15 is 0 Å². The predicted octanol–water partition coefficient (Wildman–Crippen LogP) is 3.37. The molecule has 1 atom stereocenters. The summed E-state index contributed by atoms with van der Waals surface area (Å²) in [4.78, 5) is 35.2. The second-order valence-electron chi connectivity index (χ2n) is 6.09. The minimum absolute atomic E-state index is 0.00835. The molecule has 1 heterocycles. The summed E-state index contributed by atoms with van der Waals surface area (Å²) >= 11 is 0.977. The van der Waals surface area contributed by atoms with Gasteiger partial charge < -0.3 is 4.74 Å². The molecule has 1 aliphatic heterocycles. The van der Waals surface area contributed by atoms with Crippen molar-refractivity contribution < 1.29 is 23.5 Å². The molecular formula is C19H16FNO4S. The molecule has 1 unspecified atom stereocenters. The Kier molecular flexibility index (Phi) is 5.08. The van der Waals surface area contributed by atoms with Crippen molar-refractivity contribution in [3.63, 3.8) is 0 Å². The molecule has 3 rings (SSSR count). The second-order valence-corrected chi connectivity index (χ2v) is 7.56. The van der Waals surface area contributed by atoms with Crippen molar-refractivity contribution in [2.45, 2.75) is 18.1 Å². The van der Waals surface area contributed by atoms with E-state index in [9.17, 15) is 18.8 Å². The van der Waals surface area contributed by atoms with Crippen molar-refractivity contribution in [2.75, 3.05) is 6.61 Å². The summed E-state index contributed by atoms with van der Waals surface area (Å²) in [6.07, 6.45) is 0.393. The lowest BCUT2D eigenvalue weighted by Crippen LogP contribution is -2.35. The van der Waals surface area contributed by atoms with Gasteiger partial charge in [0.1, 0.15) is 16.3 Å². The SMILES string of the molecule is CC1(Cc2ccc(OCC(=O)c3ccccc3F)cc2)SC(=O)NC1=O. The molecule has 26 heavy (non-hydrogen) atoms. The number of ketones is 1. The Balaban J connectivity index is 1.60. The average Bonchev–Trinajstić information content (AvgIpc) is 2.86. The van der Waals surface area contributed by atoms with E-state index in [0.717, 1.165) is 17.3 Å². The molecule has 0 bridgehead atoms. The van der Waals surface area contributed by atoms with E-state index in [1.807, 2.05) is 0 Å². The van der Waals surface area contributed by atoms with Crippen LogP contribution in [0.15, 0.2) is 48.5 Å².